The topological polar surface area (TPSA) is 23.8 Å². The van der Waals surface area contributed by atoms with E-state index in [0.717, 1.165) is 5.92 Å². The van der Waals surface area contributed by atoms with Crippen LogP contribution in [0.15, 0.2) is 12.2 Å². The summed E-state index contributed by atoms with van der Waals surface area (Å²) in [6.45, 7) is 2.22. The molecule has 0 aromatic carbocycles. The molecule has 0 amide bonds. The predicted octanol–water partition coefficient (Wildman–Crippen LogP) is 2.89. The smallest absolute Gasteiger partial charge is 0.0627 e. The standard InChI is InChI=1S/C10H15N/c1-2-9-3-5-10(6-4-9)7-8-11/h3,5,9-10H,2,4,6-7H2,1H3. The average Bonchev–Trinajstić information content (AvgIpc) is 2.07. The van der Waals surface area contributed by atoms with Gasteiger partial charge in [-0.2, -0.15) is 5.26 Å². The molecule has 1 aliphatic rings. The lowest BCUT2D eigenvalue weighted by molar-refractivity contribution is 0.451. The van der Waals surface area contributed by atoms with Crippen molar-refractivity contribution >= 4 is 0 Å². The third kappa shape index (κ3) is 2.38. The first kappa shape index (κ1) is 8.33. The largest absolute Gasteiger partial charge is 0.198 e. The molecule has 0 heterocycles. The molecule has 0 saturated carbocycles. The molecule has 2 atom stereocenters. The van der Waals surface area contributed by atoms with Crippen LogP contribution >= 0.6 is 0 Å². The first-order chi connectivity index (χ1) is 5.36. The van der Waals surface area contributed by atoms with Crippen LogP contribution in [0, 0.1) is 23.2 Å². The summed E-state index contributed by atoms with van der Waals surface area (Å²) in [6, 6.07) is 2.22. The Labute approximate surface area is 68.7 Å². The summed E-state index contributed by atoms with van der Waals surface area (Å²) < 4.78 is 0. The van der Waals surface area contributed by atoms with Gasteiger partial charge in [-0.05, 0) is 31.1 Å². The maximum absolute atomic E-state index is 8.46. The molecule has 60 valence electrons. The fourth-order valence-electron chi connectivity index (χ4n) is 1.56. The Morgan fingerprint density at radius 2 is 2.00 bits per heavy atom. The van der Waals surface area contributed by atoms with Gasteiger partial charge in [-0.3, -0.25) is 0 Å². The minimum absolute atomic E-state index is 0.544. The van der Waals surface area contributed by atoms with Crippen LogP contribution in [0.3, 0.4) is 0 Å². The highest BCUT2D eigenvalue weighted by Crippen LogP contribution is 2.25. The molecule has 0 aliphatic heterocycles. The molecule has 1 nitrogen and oxygen atoms in total. The van der Waals surface area contributed by atoms with Crippen molar-refractivity contribution in [2.45, 2.75) is 32.6 Å². The van der Waals surface area contributed by atoms with Gasteiger partial charge in [-0.1, -0.05) is 19.1 Å². The fourth-order valence-corrected chi connectivity index (χ4v) is 1.56. The van der Waals surface area contributed by atoms with E-state index < -0.39 is 0 Å². The molecule has 0 saturated heterocycles. The minimum atomic E-state index is 0.544. The van der Waals surface area contributed by atoms with Crippen LogP contribution in [-0.2, 0) is 0 Å². The first-order valence-corrected chi connectivity index (χ1v) is 4.42. The molecule has 2 unspecified atom stereocenters. The molecule has 0 aromatic rings. The van der Waals surface area contributed by atoms with Crippen molar-refractivity contribution in [3.8, 4) is 6.07 Å². The lowest BCUT2D eigenvalue weighted by Crippen LogP contribution is -2.07. The van der Waals surface area contributed by atoms with Crippen LogP contribution in [0.5, 0.6) is 0 Å². The first-order valence-electron chi connectivity index (χ1n) is 4.42. The second-order valence-electron chi connectivity index (χ2n) is 3.25. The molecular weight excluding hydrogens is 134 g/mol. The Hall–Kier alpha value is -0.770. The second-order valence-corrected chi connectivity index (χ2v) is 3.25. The number of nitriles is 1. The van der Waals surface area contributed by atoms with E-state index >= 15 is 0 Å². The van der Waals surface area contributed by atoms with Gasteiger partial charge < -0.3 is 0 Å². The Kier molecular flexibility index (Phi) is 3.16. The van der Waals surface area contributed by atoms with Gasteiger partial charge in [0.05, 0.1) is 6.07 Å². The predicted molar refractivity (Wildman–Crippen MR) is 45.9 cm³/mol. The van der Waals surface area contributed by atoms with Crippen molar-refractivity contribution in [2.24, 2.45) is 11.8 Å². The van der Waals surface area contributed by atoms with Crippen molar-refractivity contribution in [1.29, 1.82) is 5.26 Å². The quantitative estimate of drug-likeness (QED) is 0.554. The number of hydrogen-bond acceptors (Lipinski definition) is 1. The molecule has 0 N–H and O–H groups in total. The normalized spacial score (nSPS) is 29.8. The Bertz CT molecular complexity index is 176. The molecule has 0 spiro atoms. The number of allylic oxidation sites excluding steroid dienone is 2. The fraction of sp³-hybridized carbons (Fsp3) is 0.700. The van der Waals surface area contributed by atoms with E-state index in [0.29, 0.717) is 12.3 Å². The summed E-state index contributed by atoms with van der Waals surface area (Å²) in [5, 5.41) is 8.46. The summed E-state index contributed by atoms with van der Waals surface area (Å²) >= 11 is 0. The van der Waals surface area contributed by atoms with E-state index in [9.17, 15) is 0 Å². The maximum Gasteiger partial charge on any atom is 0.0627 e. The van der Waals surface area contributed by atoms with Gasteiger partial charge >= 0.3 is 0 Å². The molecule has 0 aromatic heterocycles. The summed E-state index contributed by atoms with van der Waals surface area (Å²) in [5.74, 6) is 1.33. The van der Waals surface area contributed by atoms with Crippen LogP contribution < -0.4 is 0 Å². The lowest BCUT2D eigenvalue weighted by atomic mass is 9.86. The Balaban J connectivity index is 2.37. The van der Waals surface area contributed by atoms with Crippen molar-refractivity contribution in [3.05, 3.63) is 12.2 Å². The van der Waals surface area contributed by atoms with Crippen LogP contribution in [0.1, 0.15) is 32.6 Å². The van der Waals surface area contributed by atoms with E-state index in [1.807, 2.05) is 0 Å². The average molecular weight is 149 g/mol. The van der Waals surface area contributed by atoms with E-state index in [1.165, 1.54) is 19.3 Å². The highest BCUT2D eigenvalue weighted by atomic mass is 14.3. The van der Waals surface area contributed by atoms with Crippen LogP contribution in [0.2, 0.25) is 0 Å². The Morgan fingerprint density at radius 1 is 1.36 bits per heavy atom. The molecule has 0 radical (unpaired) electrons. The number of hydrogen-bond donors (Lipinski definition) is 0. The summed E-state index contributed by atoms with van der Waals surface area (Å²) in [5.41, 5.74) is 0. The van der Waals surface area contributed by atoms with E-state index in [-0.39, 0.29) is 0 Å². The van der Waals surface area contributed by atoms with E-state index in [4.69, 9.17) is 5.26 Å². The zero-order valence-corrected chi connectivity index (χ0v) is 7.09. The third-order valence-corrected chi connectivity index (χ3v) is 2.44. The van der Waals surface area contributed by atoms with Gasteiger partial charge in [0, 0.05) is 6.42 Å². The molecule has 0 bridgehead atoms. The zero-order chi connectivity index (χ0) is 8.10. The SMILES string of the molecule is CCC1C=CC(CC#N)CC1. The van der Waals surface area contributed by atoms with Crippen molar-refractivity contribution in [2.75, 3.05) is 0 Å². The van der Waals surface area contributed by atoms with Crippen LogP contribution in [0.4, 0.5) is 0 Å². The van der Waals surface area contributed by atoms with Crippen molar-refractivity contribution < 1.29 is 0 Å². The van der Waals surface area contributed by atoms with Gasteiger partial charge in [-0.15, -0.1) is 0 Å². The summed E-state index contributed by atoms with van der Waals surface area (Å²) in [4.78, 5) is 0. The molecule has 1 heteroatoms. The van der Waals surface area contributed by atoms with Gasteiger partial charge in [0.15, 0.2) is 0 Å². The van der Waals surface area contributed by atoms with Gasteiger partial charge in [-0.25, -0.2) is 0 Å². The maximum atomic E-state index is 8.46. The third-order valence-electron chi connectivity index (χ3n) is 2.44. The van der Waals surface area contributed by atoms with Gasteiger partial charge in [0.25, 0.3) is 0 Å². The van der Waals surface area contributed by atoms with Gasteiger partial charge in [0.1, 0.15) is 0 Å². The second kappa shape index (κ2) is 4.18. The molecule has 1 aliphatic carbocycles. The summed E-state index contributed by atoms with van der Waals surface area (Å²) in [7, 11) is 0. The van der Waals surface area contributed by atoms with Crippen molar-refractivity contribution in [3.63, 3.8) is 0 Å². The van der Waals surface area contributed by atoms with Crippen LogP contribution in [-0.4, -0.2) is 0 Å². The van der Waals surface area contributed by atoms with Crippen LogP contribution in [0.25, 0.3) is 0 Å². The van der Waals surface area contributed by atoms with Crippen molar-refractivity contribution in [1.82, 2.24) is 0 Å². The number of nitrogens with zero attached hydrogens (tertiary/aromatic N) is 1. The lowest BCUT2D eigenvalue weighted by Gasteiger charge is -2.19. The molecule has 11 heavy (non-hydrogen) atoms. The minimum Gasteiger partial charge on any atom is -0.198 e. The Morgan fingerprint density at radius 3 is 2.45 bits per heavy atom. The molecule has 0 fully saturated rings. The number of rotatable bonds is 2. The highest BCUT2D eigenvalue weighted by molar-refractivity contribution is 5.00. The van der Waals surface area contributed by atoms with E-state index in [2.05, 4.69) is 25.1 Å². The zero-order valence-electron chi connectivity index (χ0n) is 7.09. The van der Waals surface area contributed by atoms with Gasteiger partial charge in [0.2, 0.25) is 0 Å². The monoisotopic (exact) mass is 149 g/mol. The summed E-state index contributed by atoms with van der Waals surface area (Å²) in [6.07, 6.45) is 8.94. The van der Waals surface area contributed by atoms with E-state index in [1.54, 1.807) is 0 Å². The highest BCUT2D eigenvalue weighted by Gasteiger charge is 2.13. The molecular formula is C10H15N. The molecule has 1 rings (SSSR count).